The summed E-state index contributed by atoms with van der Waals surface area (Å²) < 4.78 is 12.6. The Morgan fingerprint density at radius 2 is 1.90 bits per heavy atom. The highest BCUT2D eigenvalue weighted by Gasteiger charge is 2.17. The van der Waals surface area contributed by atoms with E-state index >= 15 is 0 Å². The van der Waals surface area contributed by atoms with Crippen LogP contribution in [-0.4, -0.2) is 24.0 Å². The topological polar surface area (TPSA) is 62.3 Å². The van der Waals surface area contributed by atoms with E-state index in [2.05, 4.69) is 5.10 Å². The minimum atomic E-state index is -0.138. The van der Waals surface area contributed by atoms with Crippen molar-refractivity contribution in [3.8, 4) is 11.5 Å². The first-order chi connectivity index (χ1) is 9.65. The van der Waals surface area contributed by atoms with Crippen molar-refractivity contribution in [3.63, 3.8) is 0 Å². The van der Waals surface area contributed by atoms with Crippen LogP contribution in [0.5, 0.6) is 11.5 Å². The maximum atomic E-state index is 6.32. The van der Waals surface area contributed by atoms with Crippen molar-refractivity contribution >= 4 is 0 Å². The molecule has 0 bridgehead atoms. The highest BCUT2D eigenvalue weighted by Crippen LogP contribution is 2.34. The van der Waals surface area contributed by atoms with Crippen LogP contribution in [0.3, 0.4) is 0 Å². The molecule has 1 heterocycles. The van der Waals surface area contributed by atoms with Crippen LogP contribution in [0, 0.1) is 0 Å². The fourth-order valence-electron chi connectivity index (χ4n) is 2.31. The molecule has 0 saturated carbocycles. The number of benzene rings is 1. The van der Waals surface area contributed by atoms with E-state index in [1.165, 1.54) is 5.56 Å². The second-order valence-corrected chi connectivity index (χ2v) is 4.74. The maximum Gasteiger partial charge on any atom is 0.127 e. The summed E-state index contributed by atoms with van der Waals surface area (Å²) in [5.74, 6) is 1.53. The summed E-state index contributed by atoms with van der Waals surface area (Å²) in [5, 5.41) is 4.16. The highest BCUT2D eigenvalue weighted by molar-refractivity contribution is 5.46. The minimum absolute atomic E-state index is 0.138. The number of aromatic nitrogens is 2. The highest BCUT2D eigenvalue weighted by atomic mass is 16.5. The standard InChI is InChI=1S/C15H21N3O2/c1-18-10-11(9-17-18)7-8-12(16)15-13(19-2)5-4-6-14(15)20-3/h4-6,9-10,12H,7-8,16H2,1-3H3. The summed E-state index contributed by atoms with van der Waals surface area (Å²) in [4.78, 5) is 0. The third-order valence-electron chi connectivity index (χ3n) is 3.34. The van der Waals surface area contributed by atoms with Crippen molar-refractivity contribution in [2.45, 2.75) is 18.9 Å². The Morgan fingerprint density at radius 1 is 1.25 bits per heavy atom. The fourth-order valence-corrected chi connectivity index (χ4v) is 2.31. The largest absolute Gasteiger partial charge is 0.496 e. The van der Waals surface area contributed by atoms with E-state index in [0.29, 0.717) is 0 Å². The lowest BCUT2D eigenvalue weighted by atomic mass is 9.99. The van der Waals surface area contributed by atoms with E-state index in [1.54, 1.807) is 18.9 Å². The van der Waals surface area contributed by atoms with Crippen molar-refractivity contribution < 1.29 is 9.47 Å². The number of nitrogens with two attached hydrogens (primary N) is 1. The molecule has 0 aliphatic carbocycles. The van der Waals surface area contributed by atoms with E-state index < -0.39 is 0 Å². The Labute approximate surface area is 119 Å². The van der Waals surface area contributed by atoms with Crippen LogP contribution in [0.1, 0.15) is 23.6 Å². The van der Waals surface area contributed by atoms with Gasteiger partial charge in [-0.25, -0.2) is 0 Å². The van der Waals surface area contributed by atoms with Crippen molar-refractivity contribution in [1.29, 1.82) is 0 Å². The molecule has 1 atom stereocenters. The van der Waals surface area contributed by atoms with Crippen LogP contribution in [0.2, 0.25) is 0 Å². The van der Waals surface area contributed by atoms with Gasteiger partial charge in [0, 0.05) is 19.3 Å². The Morgan fingerprint density at radius 3 is 2.40 bits per heavy atom. The molecule has 0 spiro atoms. The SMILES string of the molecule is COc1cccc(OC)c1C(N)CCc1cnn(C)c1. The molecule has 2 aromatic rings. The number of ether oxygens (including phenoxy) is 2. The van der Waals surface area contributed by atoms with Gasteiger partial charge >= 0.3 is 0 Å². The van der Waals surface area contributed by atoms with Crippen molar-refractivity contribution in [2.75, 3.05) is 14.2 Å². The molecule has 0 fully saturated rings. The van der Waals surface area contributed by atoms with Gasteiger partial charge in [0.1, 0.15) is 11.5 Å². The molecule has 1 aromatic carbocycles. The predicted octanol–water partition coefficient (Wildman–Crippen LogP) is 2.07. The lowest BCUT2D eigenvalue weighted by molar-refractivity contribution is 0.377. The van der Waals surface area contributed by atoms with E-state index in [9.17, 15) is 0 Å². The van der Waals surface area contributed by atoms with Gasteiger partial charge in [-0.15, -0.1) is 0 Å². The smallest absolute Gasteiger partial charge is 0.127 e. The summed E-state index contributed by atoms with van der Waals surface area (Å²) in [6.45, 7) is 0. The molecule has 2 rings (SSSR count). The summed E-state index contributed by atoms with van der Waals surface area (Å²) in [5.41, 5.74) is 8.41. The Bertz CT molecular complexity index is 544. The van der Waals surface area contributed by atoms with Crippen molar-refractivity contribution in [1.82, 2.24) is 9.78 Å². The molecule has 0 radical (unpaired) electrons. The van der Waals surface area contributed by atoms with Gasteiger partial charge in [-0.2, -0.15) is 5.10 Å². The molecule has 2 N–H and O–H groups in total. The summed E-state index contributed by atoms with van der Waals surface area (Å²) in [6, 6.07) is 5.57. The van der Waals surface area contributed by atoms with E-state index in [1.807, 2.05) is 37.6 Å². The van der Waals surface area contributed by atoms with Crippen molar-refractivity contribution in [2.24, 2.45) is 12.8 Å². The molecule has 0 amide bonds. The lowest BCUT2D eigenvalue weighted by Gasteiger charge is -2.18. The Balaban J connectivity index is 2.13. The van der Waals surface area contributed by atoms with E-state index in [-0.39, 0.29) is 6.04 Å². The molecule has 20 heavy (non-hydrogen) atoms. The molecular formula is C15H21N3O2. The van der Waals surface area contributed by atoms with Crippen LogP contribution in [-0.2, 0) is 13.5 Å². The van der Waals surface area contributed by atoms with E-state index in [0.717, 1.165) is 29.9 Å². The van der Waals surface area contributed by atoms with Gasteiger partial charge < -0.3 is 15.2 Å². The summed E-state index contributed by atoms with van der Waals surface area (Å²) >= 11 is 0. The molecule has 108 valence electrons. The van der Waals surface area contributed by atoms with Crippen molar-refractivity contribution in [3.05, 3.63) is 41.7 Å². The Hall–Kier alpha value is -2.01. The van der Waals surface area contributed by atoms with Crippen LogP contribution in [0.25, 0.3) is 0 Å². The summed E-state index contributed by atoms with van der Waals surface area (Å²) in [7, 11) is 5.20. The van der Waals surface area contributed by atoms with Crippen LogP contribution >= 0.6 is 0 Å². The van der Waals surface area contributed by atoms with Gasteiger partial charge in [-0.05, 0) is 30.5 Å². The quantitative estimate of drug-likeness (QED) is 0.876. The number of methoxy groups -OCH3 is 2. The van der Waals surface area contributed by atoms with Gasteiger partial charge in [-0.3, -0.25) is 4.68 Å². The van der Waals surface area contributed by atoms with Crippen LogP contribution in [0.4, 0.5) is 0 Å². The zero-order valence-corrected chi connectivity index (χ0v) is 12.2. The lowest BCUT2D eigenvalue weighted by Crippen LogP contribution is -2.14. The van der Waals surface area contributed by atoms with Gasteiger partial charge in [0.05, 0.1) is 26.0 Å². The molecular weight excluding hydrogens is 254 g/mol. The molecule has 1 aromatic heterocycles. The zero-order chi connectivity index (χ0) is 14.5. The minimum Gasteiger partial charge on any atom is -0.496 e. The normalized spacial score (nSPS) is 12.2. The van der Waals surface area contributed by atoms with Gasteiger partial charge in [0.15, 0.2) is 0 Å². The first-order valence-electron chi connectivity index (χ1n) is 6.59. The maximum absolute atomic E-state index is 6.32. The second-order valence-electron chi connectivity index (χ2n) is 4.74. The number of hydrogen-bond acceptors (Lipinski definition) is 4. The molecule has 0 aliphatic heterocycles. The average molecular weight is 275 g/mol. The first-order valence-corrected chi connectivity index (χ1v) is 6.59. The zero-order valence-electron chi connectivity index (χ0n) is 12.2. The molecule has 0 saturated heterocycles. The number of aryl methyl sites for hydroxylation is 2. The molecule has 5 heteroatoms. The monoisotopic (exact) mass is 275 g/mol. The fraction of sp³-hybridized carbons (Fsp3) is 0.400. The number of nitrogens with zero attached hydrogens (tertiary/aromatic N) is 2. The third-order valence-corrected chi connectivity index (χ3v) is 3.34. The average Bonchev–Trinajstić information content (AvgIpc) is 2.89. The first kappa shape index (κ1) is 14.4. The molecule has 1 unspecified atom stereocenters. The van der Waals surface area contributed by atoms with E-state index in [4.69, 9.17) is 15.2 Å². The van der Waals surface area contributed by atoms with Crippen LogP contribution in [0.15, 0.2) is 30.6 Å². The van der Waals surface area contributed by atoms with Gasteiger partial charge in [-0.1, -0.05) is 6.07 Å². The number of rotatable bonds is 6. The predicted molar refractivity (Wildman–Crippen MR) is 78.0 cm³/mol. The molecule has 0 aliphatic rings. The Kier molecular flexibility index (Phi) is 4.63. The van der Waals surface area contributed by atoms with Gasteiger partial charge in [0.25, 0.3) is 0 Å². The second kappa shape index (κ2) is 6.43. The number of hydrogen-bond donors (Lipinski definition) is 1. The summed E-state index contributed by atoms with van der Waals surface area (Å²) in [6.07, 6.45) is 5.55. The van der Waals surface area contributed by atoms with Crippen LogP contribution < -0.4 is 15.2 Å². The van der Waals surface area contributed by atoms with Gasteiger partial charge in [0.2, 0.25) is 0 Å². The third kappa shape index (κ3) is 3.11. The molecule has 5 nitrogen and oxygen atoms in total.